The number of rotatable bonds is 1. The number of carbonyl (C=O) groups excluding carboxylic acids is 2. The highest BCUT2D eigenvalue weighted by molar-refractivity contribution is 5.80. The molecule has 114 valence electrons. The second-order valence-corrected chi connectivity index (χ2v) is 7.03. The molecule has 1 unspecified atom stereocenters. The molecule has 2 aliphatic heterocycles. The van der Waals surface area contributed by atoms with Crippen LogP contribution in [0.15, 0.2) is 0 Å². The summed E-state index contributed by atoms with van der Waals surface area (Å²) in [5.74, 6) is 0.155. The van der Waals surface area contributed by atoms with Gasteiger partial charge >= 0.3 is 6.09 Å². The van der Waals surface area contributed by atoms with E-state index in [1.807, 2.05) is 20.8 Å². The van der Waals surface area contributed by atoms with E-state index in [2.05, 4.69) is 12.2 Å². The Hall–Kier alpha value is -1.26. The van der Waals surface area contributed by atoms with Crippen molar-refractivity contribution in [2.75, 3.05) is 13.1 Å². The van der Waals surface area contributed by atoms with Crippen LogP contribution in [0.25, 0.3) is 0 Å². The molecular formula is C15H26N2O3. The molecule has 2 saturated heterocycles. The van der Waals surface area contributed by atoms with Crippen molar-refractivity contribution in [3.8, 4) is 0 Å². The third-order valence-electron chi connectivity index (χ3n) is 4.41. The monoisotopic (exact) mass is 282 g/mol. The van der Waals surface area contributed by atoms with Crippen LogP contribution in [-0.4, -0.2) is 41.6 Å². The lowest BCUT2D eigenvalue weighted by Gasteiger charge is -2.42. The Labute approximate surface area is 121 Å². The van der Waals surface area contributed by atoms with E-state index in [1.54, 1.807) is 4.90 Å². The molecule has 0 aromatic heterocycles. The highest BCUT2D eigenvalue weighted by atomic mass is 16.6. The van der Waals surface area contributed by atoms with Crippen LogP contribution in [0.2, 0.25) is 0 Å². The molecular weight excluding hydrogens is 256 g/mol. The minimum absolute atomic E-state index is 0.0460. The molecule has 0 saturated carbocycles. The van der Waals surface area contributed by atoms with Gasteiger partial charge in [-0.1, -0.05) is 6.92 Å². The number of hydrogen-bond donors (Lipinski definition) is 1. The Balaban J connectivity index is 1.95. The van der Waals surface area contributed by atoms with Gasteiger partial charge in [-0.05, 0) is 40.0 Å². The van der Waals surface area contributed by atoms with Crippen molar-refractivity contribution in [2.24, 2.45) is 5.41 Å². The standard InChI is InChI=1S/C15H26N2O3/c1-5-11-15(10-12(18)16-11)6-8-17(9-7-15)13(19)20-14(2,3)4/h11H,5-10H2,1-4H3,(H,16,18). The van der Waals surface area contributed by atoms with E-state index < -0.39 is 5.60 Å². The Bertz CT molecular complexity index is 392. The van der Waals surface area contributed by atoms with Crippen molar-refractivity contribution in [2.45, 2.75) is 65.0 Å². The van der Waals surface area contributed by atoms with Crippen LogP contribution in [0.3, 0.4) is 0 Å². The summed E-state index contributed by atoms with van der Waals surface area (Å²) in [7, 11) is 0. The molecule has 1 spiro atoms. The normalized spacial score (nSPS) is 25.7. The van der Waals surface area contributed by atoms with Crippen molar-refractivity contribution in [3.05, 3.63) is 0 Å². The van der Waals surface area contributed by atoms with Crippen LogP contribution in [0, 0.1) is 5.41 Å². The predicted octanol–water partition coefficient (Wildman–Crippen LogP) is 2.30. The largest absolute Gasteiger partial charge is 0.444 e. The Morgan fingerprint density at radius 3 is 2.50 bits per heavy atom. The summed E-state index contributed by atoms with van der Waals surface area (Å²) in [5, 5.41) is 3.07. The molecule has 5 nitrogen and oxygen atoms in total. The SMILES string of the molecule is CCC1NC(=O)CC12CCN(C(=O)OC(C)(C)C)CC2. The molecule has 2 aliphatic rings. The van der Waals surface area contributed by atoms with Crippen LogP contribution >= 0.6 is 0 Å². The van der Waals surface area contributed by atoms with Crippen LogP contribution in [0.1, 0.15) is 53.4 Å². The van der Waals surface area contributed by atoms with E-state index in [-0.39, 0.29) is 23.5 Å². The molecule has 0 bridgehead atoms. The molecule has 5 heteroatoms. The second kappa shape index (κ2) is 5.26. The summed E-state index contributed by atoms with van der Waals surface area (Å²) in [6.07, 6.45) is 3.08. The van der Waals surface area contributed by atoms with E-state index in [0.717, 1.165) is 19.3 Å². The van der Waals surface area contributed by atoms with Crippen molar-refractivity contribution in [3.63, 3.8) is 0 Å². The average molecular weight is 282 g/mol. The van der Waals surface area contributed by atoms with Crippen molar-refractivity contribution >= 4 is 12.0 Å². The smallest absolute Gasteiger partial charge is 0.410 e. The van der Waals surface area contributed by atoms with Crippen LogP contribution < -0.4 is 5.32 Å². The molecule has 1 atom stereocenters. The second-order valence-electron chi connectivity index (χ2n) is 7.03. The third kappa shape index (κ3) is 3.07. The maximum atomic E-state index is 12.1. The lowest BCUT2D eigenvalue weighted by atomic mass is 9.72. The molecule has 2 rings (SSSR count). The molecule has 0 aliphatic carbocycles. The third-order valence-corrected chi connectivity index (χ3v) is 4.41. The summed E-state index contributed by atoms with van der Waals surface area (Å²) < 4.78 is 5.41. The first-order valence-electron chi connectivity index (χ1n) is 7.53. The summed E-state index contributed by atoms with van der Waals surface area (Å²) in [6, 6.07) is 0.260. The summed E-state index contributed by atoms with van der Waals surface area (Å²) >= 11 is 0. The number of nitrogens with zero attached hydrogens (tertiary/aromatic N) is 1. The molecule has 2 amide bonds. The number of hydrogen-bond acceptors (Lipinski definition) is 3. The van der Waals surface area contributed by atoms with E-state index in [9.17, 15) is 9.59 Å². The molecule has 1 N–H and O–H groups in total. The number of nitrogens with one attached hydrogen (secondary N) is 1. The Morgan fingerprint density at radius 1 is 1.40 bits per heavy atom. The van der Waals surface area contributed by atoms with Gasteiger partial charge in [0.2, 0.25) is 5.91 Å². The number of amides is 2. The van der Waals surface area contributed by atoms with Gasteiger partial charge in [-0.15, -0.1) is 0 Å². The highest BCUT2D eigenvalue weighted by Crippen LogP contribution is 2.43. The minimum atomic E-state index is -0.455. The fourth-order valence-corrected chi connectivity index (χ4v) is 3.36. The van der Waals surface area contributed by atoms with Crippen molar-refractivity contribution < 1.29 is 14.3 Å². The van der Waals surface area contributed by atoms with Gasteiger partial charge in [0, 0.05) is 31.0 Å². The van der Waals surface area contributed by atoms with E-state index in [4.69, 9.17) is 4.74 Å². The molecule has 0 radical (unpaired) electrons. The van der Waals surface area contributed by atoms with Crippen LogP contribution in [0.5, 0.6) is 0 Å². The first-order valence-corrected chi connectivity index (χ1v) is 7.53. The van der Waals surface area contributed by atoms with Gasteiger partial charge in [0.1, 0.15) is 5.60 Å². The van der Waals surface area contributed by atoms with E-state index >= 15 is 0 Å². The van der Waals surface area contributed by atoms with Gasteiger partial charge in [0.15, 0.2) is 0 Å². The van der Waals surface area contributed by atoms with Gasteiger partial charge in [-0.3, -0.25) is 4.79 Å². The first kappa shape index (κ1) is 15.1. The quantitative estimate of drug-likeness (QED) is 0.803. The van der Waals surface area contributed by atoms with Gasteiger partial charge in [-0.25, -0.2) is 4.79 Å². The number of carbonyl (C=O) groups is 2. The number of likely N-dealkylation sites (tertiary alicyclic amines) is 1. The number of ether oxygens (including phenoxy) is 1. The average Bonchev–Trinajstić information content (AvgIpc) is 2.64. The Kier molecular flexibility index (Phi) is 3.98. The van der Waals surface area contributed by atoms with Gasteiger partial charge in [0.05, 0.1) is 0 Å². The summed E-state index contributed by atoms with van der Waals surface area (Å²) in [4.78, 5) is 25.5. The zero-order chi connectivity index (χ0) is 15.0. The van der Waals surface area contributed by atoms with Gasteiger partial charge in [0.25, 0.3) is 0 Å². The number of piperidine rings is 1. The molecule has 0 aromatic rings. The zero-order valence-corrected chi connectivity index (χ0v) is 13.0. The minimum Gasteiger partial charge on any atom is -0.444 e. The first-order chi connectivity index (χ1) is 9.26. The topological polar surface area (TPSA) is 58.6 Å². The van der Waals surface area contributed by atoms with Crippen LogP contribution in [-0.2, 0) is 9.53 Å². The molecule has 2 heterocycles. The lowest BCUT2D eigenvalue weighted by molar-refractivity contribution is -0.119. The van der Waals surface area contributed by atoms with E-state index in [1.165, 1.54) is 0 Å². The summed E-state index contributed by atoms with van der Waals surface area (Å²) in [6.45, 7) is 9.11. The molecule has 0 aromatic carbocycles. The fraction of sp³-hybridized carbons (Fsp3) is 0.867. The van der Waals surface area contributed by atoms with Gasteiger partial charge < -0.3 is 15.0 Å². The maximum absolute atomic E-state index is 12.1. The Morgan fingerprint density at radius 2 is 2.00 bits per heavy atom. The van der Waals surface area contributed by atoms with Crippen LogP contribution in [0.4, 0.5) is 4.79 Å². The van der Waals surface area contributed by atoms with Crippen molar-refractivity contribution in [1.29, 1.82) is 0 Å². The fourth-order valence-electron chi connectivity index (χ4n) is 3.36. The lowest BCUT2D eigenvalue weighted by Crippen LogP contribution is -2.48. The zero-order valence-electron chi connectivity index (χ0n) is 13.0. The summed E-state index contributed by atoms with van der Waals surface area (Å²) in [5.41, 5.74) is -0.409. The maximum Gasteiger partial charge on any atom is 0.410 e. The molecule has 20 heavy (non-hydrogen) atoms. The predicted molar refractivity (Wildman–Crippen MR) is 76.3 cm³/mol. The van der Waals surface area contributed by atoms with E-state index in [0.29, 0.717) is 19.5 Å². The van der Waals surface area contributed by atoms with Gasteiger partial charge in [-0.2, -0.15) is 0 Å². The molecule has 2 fully saturated rings. The van der Waals surface area contributed by atoms with Crippen molar-refractivity contribution in [1.82, 2.24) is 10.2 Å². The highest BCUT2D eigenvalue weighted by Gasteiger charge is 2.48.